The van der Waals surface area contributed by atoms with Gasteiger partial charge in [-0.25, -0.2) is 4.79 Å². The molecular formula is C16H22N4O. The van der Waals surface area contributed by atoms with Gasteiger partial charge in [0.15, 0.2) is 0 Å². The minimum absolute atomic E-state index is 0.212. The highest BCUT2D eigenvalue weighted by atomic mass is 16.2. The van der Waals surface area contributed by atoms with E-state index in [4.69, 9.17) is 0 Å². The number of urea groups is 1. The molecule has 5 heteroatoms. The molecule has 21 heavy (non-hydrogen) atoms. The van der Waals surface area contributed by atoms with Gasteiger partial charge in [0.1, 0.15) is 0 Å². The molecule has 5 nitrogen and oxygen atoms in total. The Hall–Kier alpha value is -2.30. The second-order valence-corrected chi connectivity index (χ2v) is 5.22. The highest BCUT2D eigenvalue weighted by Gasteiger charge is 2.05. The fraction of sp³-hybridized carbons (Fsp3) is 0.375. The van der Waals surface area contributed by atoms with Gasteiger partial charge in [-0.1, -0.05) is 26.0 Å². The molecule has 0 aliphatic heterocycles. The third kappa shape index (κ3) is 4.08. The van der Waals surface area contributed by atoms with Gasteiger partial charge in [0, 0.05) is 18.4 Å². The van der Waals surface area contributed by atoms with Gasteiger partial charge in [-0.05, 0) is 36.6 Å². The number of hydrogen-bond donors (Lipinski definition) is 2. The smallest absolute Gasteiger partial charge is 0.319 e. The van der Waals surface area contributed by atoms with E-state index in [0.29, 0.717) is 12.5 Å². The van der Waals surface area contributed by atoms with Crippen LogP contribution in [0.25, 0.3) is 0 Å². The topological polar surface area (TPSA) is 59.0 Å². The summed E-state index contributed by atoms with van der Waals surface area (Å²) in [6.07, 6.45) is 1.74. The first-order chi connectivity index (χ1) is 10.1. The Morgan fingerprint density at radius 1 is 1.24 bits per heavy atom. The summed E-state index contributed by atoms with van der Waals surface area (Å²) >= 11 is 0. The zero-order valence-electron chi connectivity index (χ0n) is 12.8. The third-order valence-corrected chi connectivity index (χ3v) is 3.37. The Bertz CT molecular complexity index is 587. The van der Waals surface area contributed by atoms with E-state index in [1.165, 1.54) is 5.56 Å². The molecule has 0 atom stereocenters. The molecule has 0 radical (unpaired) electrons. The number of nitrogens with zero attached hydrogens (tertiary/aromatic N) is 2. The fourth-order valence-corrected chi connectivity index (χ4v) is 2.09. The molecule has 1 aromatic heterocycles. The first kappa shape index (κ1) is 15.1. The Labute approximate surface area is 125 Å². The Balaban J connectivity index is 1.87. The lowest BCUT2D eigenvalue weighted by Crippen LogP contribution is -2.29. The average Bonchev–Trinajstić information content (AvgIpc) is 2.93. The van der Waals surface area contributed by atoms with Crippen molar-refractivity contribution >= 4 is 11.7 Å². The van der Waals surface area contributed by atoms with Gasteiger partial charge in [-0.3, -0.25) is 4.68 Å². The standard InChI is InChI=1S/C16H22N4O/c1-4-20-15(9-10-18-20)11-17-16(21)19-14-7-5-13(6-8-14)12(2)3/h5-10,12H,4,11H2,1-3H3,(H2,17,19,21). The number of carbonyl (C=O) groups is 1. The highest BCUT2D eigenvalue weighted by Crippen LogP contribution is 2.16. The Morgan fingerprint density at radius 2 is 1.95 bits per heavy atom. The number of hydrogen-bond acceptors (Lipinski definition) is 2. The number of rotatable bonds is 5. The maximum absolute atomic E-state index is 11.9. The van der Waals surface area contributed by atoms with Gasteiger partial charge in [0.05, 0.1) is 12.2 Å². The number of benzene rings is 1. The van der Waals surface area contributed by atoms with Gasteiger partial charge < -0.3 is 10.6 Å². The molecular weight excluding hydrogens is 264 g/mol. The first-order valence-corrected chi connectivity index (χ1v) is 7.25. The molecule has 112 valence electrons. The molecule has 0 saturated heterocycles. The van der Waals surface area contributed by atoms with E-state index in [1.54, 1.807) is 6.20 Å². The summed E-state index contributed by atoms with van der Waals surface area (Å²) in [6, 6.07) is 9.60. The van der Waals surface area contributed by atoms with Gasteiger partial charge >= 0.3 is 6.03 Å². The predicted octanol–water partition coefficient (Wildman–Crippen LogP) is 3.35. The Kier molecular flexibility index (Phi) is 4.98. The molecule has 0 spiro atoms. The first-order valence-electron chi connectivity index (χ1n) is 7.25. The van der Waals surface area contributed by atoms with Crippen LogP contribution in [0.15, 0.2) is 36.5 Å². The largest absolute Gasteiger partial charge is 0.332 e. The van der Waals surface area contributed by atoms with E-state index in [0.717, 1.165) is 17.9 Å². The summed E-state index contributed by atoms with van der Waals surface area (Å²) < 4.78 is 1.86. The lowest BCUT2D eigenvalue weighted by Gasteiger charge is -2.10. The summed E-state index contributed by atoms with van der Waals surface area (Å²) in [5.74, 6) is 0.488. The number of amides is 2. The van der Waals surface area contributed by atoms with Crippen LogP contribution in [-0.4, -0.2) is 15.8 Å². The van der Waals surface area contributed by atoms with E-state index < -0.39 is 0 Å². The SMILES string of the molecule is CCn1nccc1CNC(=O)Nc1ccc(C(C)C)cc1. The lowest BCUT2D eigenvalue weighted by molar-refractivity contribution is 0.251. The van der Waals surface area contributed by atoms with Crippen LogP contribution in [0.5, 0.6) is 0 Å². The quantitative estimate of drug-likeness (QED) is 0.885. The average molecular weight is 286 g/mol. The van der Waals surface area contributed by atoms with Crippen molar-refractivity contribution in [3.05, 3.63) is 47.8 Å². The summed E-state index contributed by atoms with van der Waals surface area (Å²) in [6.45, 7) is 7.57. The van der Waals surface area contributed by atoms with Gasteiger partial charge in [0.25, 0.3) is 0 Å². The van der Waals surface area contributed by atoms with Crippen molar-refractivity contribution < 1.29 is 4.79 Å². The summed E-state index contributed by atoms with van der Waals surface area (Å²) in [7, 11) is 0. The van der Waals surface area contributed by atoms with Crippen molar-refractivity contribution in [1.82, 2.24) is 15.1 Å². The minimum Gasteiger partial charge on any atom is -0.332 e. The van der Waals surface area contributed by atoms with Gasteiger partial charge in [-0.2, -0.15) is 5.10 Å². The number of aryl methyl sites for hydroxylation is 1. The minimum atomic E-state index is -0.212. The highest BCUT2D eigenvalue weighted by molar-refractivity contribution is 5.89. The molecule has 1 aromatic carbocycles. The molecule has 0 unspecified atom stereocenters. The number of aromatic nitrogens is 2. The van der Waals surface area contributed by atoms with Crippen LogP contribution in [0.1, 0.15) is 37.9 Å². The lowest BCUT2D eigenvalue weighted by atomic mass is 10.0. The van der Waals surface area contributed by atoms with Crippen LogP contribution < -0.4 is 10.6 Å². The van der Waals surface area contributed by atoms with Crippen molar-refractivity contribution in [3.8, 4) is 0 Å². The van der Waals surface area contributed by atoms with Crippen LogP contribution in [0.3, 0.4) is 0 Å². The van der Waals surface area contributed by atoms with Gasteiger partial charge in [-0.15, -0.1) is 0 Å². The zero-order valence-corrected chi connectivity index (χ0v) is 12.8. The maximum atomic E-state index is 11.9. The van der Waals surface area contributed by atoms with Crippen LogP contribution in [0.4, 0.5) is 10.5 Å². The molecule has 2 N–H and O–H groups in total. The van der Waals surface area contributed by atoms with E-state index >= 15 is 0 Å². The number of carbonyl (C=O) groups excluding carboxylic acids is 1. The van der Waals surface area contributed by atoms with Crippen molar-refractivity contribution in [3.63, 3.8) is 0 Å². The van der Waals surface area contributed by atoms with Crippen LogP contribution in [0.2, 0.25) is 0 Å². The molecule has 0 aliphatic carbocycles. The zero-order chi connectivity index (χ0) is 15.2. The Morgan fingerprint density at radius 3 is 2.57 bits per heavy atom. The summed E-state index contributed by atoms with van der Waals surface area (Å²) in [4.78, 5) is 11.9. The molecule has 0 bridgehead atoms. The van der Waals surface area contributed by atoms with Crippen LogP contribution in [-0.2, 0) is 13.1 Å². The normalized spacial score (nSPS) is 10.7. The second kappa shape index (κ2) is 6.92. The van der Waals surface area contributed by atoms with E-state index in [-0.39, 0.29) is 6.03 Å². The van der Waals surface area contributed by atoms with E-state index in [2.05, 4.69) is 29.6 Å². The molecule has 2 amide bonds. The second-order valence-electron chi connectivity index (χ2n) is 5.22. The van der Waals surface area contributed by atoms with Crippen LogP contribution >= 0.6 is 0 Å². The summed E-state index contributed by atoms with van der Waals surface area (Å²) in [5, 5.41) is 9.83. The molecule has 0 aliphatic rings. The van der Waals surface area contributed by atoms with E-state index in [1.807, 2.05) is 41.9 Å². The third-order valence-electron chi connectivity index (χ3n) is 3.37. The molecule has 0 saturated carbocycles. The van der Waals surface area contributed by atoms with Crippen molar-refractivity contribution in [2.45, 2.75) is 39.8 Å². The molecule has 0 fully saturated rings. The van der Waals surface area contributed by atoms with Crippen molar-refractivity contribution in [2.75, 3.05) is 5.32 Å². The van der Waals surface area contributed by atoms with Crippen molar-refractivity contribution in [1.29, 1.82) is 0 Å². The predicted molar refractivity (Wildman–Crippen MR) is 84.3 cm³/mol. The molecule has 2 rings (SSSR count). The summed E-state index contributed by atoms with van der Waals surface area (Å²) in [5.41, 5.74) is 3.04. The van der Waals surface area contributed by atoms with Gasteiger partial charge in [0.2, 0.25) is 0 Å². The van der Waals surface area contributed by atoms with Crippen molar-refractivity contribution in [2.24, 2.45) is 0 Å². The number of nitrogens with one attached hydrogen (secondary N) is 2. The van der Waals surface area contributed by atoms with Crippen LogP contribution in [0, 0.1) is 0 Å². The molecule has 2 aromatic rings. The monoisotopic (exact) mass is 286 g/mol. The fourth-order valence-electron chi connectivity index (χ4n) is 2.09. The van der Waals surface area contributed by atoms with E-state index in [9.17, 15) is 4.79 Å². The number of anilines is 1. The molecule has 1 heterocycles. The maximum Gasteiger partial charge on any atom is 0.319 e.